The Morgan fingerprint density at radius 2 is 0.726 bits per heavy atom. The smallest absolute Gasteiger partial charge is 0.306 e. The first-order valence-corrected chi connectivity index (χ1v) is 40.4. The fraction of sp³-hybridized carbons (Fsp3) is 0.810. The zero-order chi connectivity index (χ0) is 68.8. The zero-order valence-electron chi connectivity index (χ0n) is 61.8. The molecule has 11 heteroatoms. The Bertz CT molecular complexity index is 1880. The van der Waals surface area contributed by atoms with Crippen LogP contribution in [0.25, 0.3) is 0 Å². The van der Waals surface area contributed by atoms with E-state index in [1.54, 1.807) is 6.08 Å². The van der Waals surface area contributed by atoms with Crippen LogP contribution in [0.5, 0.6) is 0 Å². The fourth-order valence-corrected chi connectivity index (χ4v) is 12.4. The van der Waals surface area contributed by atoms with Crippen molar-refractivity contribution in [3.63, 3.8) is 0 Å². The molecule has 0 saturated carbocycles. The summed E-state index contributed by atoms with van der Waals surface area (Å²) >= 11 is 0. The SMILES string of the molecule is CCCCC/C=C\C/C=C\C/C=C\CCCCCCCCCCCCCCCCC(=O)OC1C(OCC(NC(=O)C(O)CCCCCCCCCCCCCCC/C=C\C/C=C\C/C=C\CCCCC)C(O)/C=C/CCCCCCCCCCCCC)OC(CO)C(O)C1O. The molecule has 1 heterocycles. The summed E-state index contributed by atoms with van der Waals surface area (Å²) in [6, 6.07) is -1.03. The van der Waals surface area contributed by atoms with Crippen LogP contribution in [-0.2, 0) is 23.8 Å². The van der Waals surface area contributed by atoms with Crippen molar-refractivity contribution in [3.05, 3.63) is 85.1 Å². The van der Waals surface area contributed by atoms with Crippen molar-refractivity contribution in [2.24, 2.45) is 0 Å². The lowest BCUT2D eigenvalue weighted by molar-refractivity contribution is -0.305. The monoisotopic (exact) mass is 1330 g/mol. The van der Waals surface area contributed by atoms with E-state index in [9.17, 15) is 35.1 Å². The van der Waals surface area contributed by atoms with Crippen LogP contribution in [0.4, 0.5) is 0 Å². The van der Waals surface area contributed by atoms with E-state index in [0.29, 0.717) is 12.8 Å². The van der Waals surface area contributed by atoms with Gasteiger partial charge in [-0.3, -0.25) is 9.59 Å². The van der Waals surface area contributed by atoms with Gasteiger partial charge in [0.1, 0.15) is 24.4 Å². The number of aliphatic hydroxyl groups excluding tert-OH is 5. The number of aliphatic hydroxyl groups is 5. The molecule has 1 amide bonds. The number of esters is 1. The maximum Gasteiger partial charge on any atom is 0.306 e. The third-order valence-corrected chi connectivity index (χ3v) is 18.8. The van der Waals surface area contributed by atoms with Gasteiger partial charge in [0.2, 0.25) is 5.91 Å². The third kappa shape index (κ3) is 57.3. The van der Waals surface area contributed by atoms with Gasteiger partial charge in [0, 0.05) is 6.42 Å². The van der Waals surface area contributed by atoms with Crippen molar-refractivity contribution in [1.82, 2.24) is 5.32 Å². The quantitative estimate of drug-likeness (QED) is 0.0195. The van der Waals surface area contributed by atoms with Crippen molar-refractivity contribution in [2.75, 3.05) is 13.2 Å². The van der Waals surface area contributed by atoms with Gasteiger partial charge < -0.3 is 45.1 Å². The van der Waals surface area contributed by atoms with Gasteiger partial charge in [-0.15, -0.1) is 0 Å². The Hall–Kier alpha value is -3.16. The second-order valence-corrected chi connectivity index (χ2v) is 27.8. The summed E-state index contributed by atoms with van der Waals surface area (Å²) in [4.78, 5) is 26.8. The molecule has 0 spiro atoms. The van der Waals surface area contributed by atoms with Gasteiger partial charge in [0.05, 0.1) is 25.4 Å². The van der Waals surface area contributed by atoms with Crippen LogP contribution in [0.15, 0.2) is 85.1 Å². The van der Waals surface area contributed by atoms with E-state index in [0.717, 1.165) is 83.5 Å². The van der Waals surface area contributed by atoms with E-state index in [4.69, 9.17) is 14.2 Å². The van der Waals surface area contributed by atoms with Crippen molar-refractivity contribution in [1.29, 1.82) is 0 Å². The molecule has 0 aromatic heterocycles. The molecule has 1 aliphatic heterocycles. The molecule has 6 N–H and O–H groups in total. The minimum Gasteiger partial charge on any atom is -0.454 e. The molecule has 0 aliphatic carbocycles. The molecule has 8 atom stereocenters. The summed E-state index contributed by atoms with van der Waals surface area (Å²) in [5.74, 6) is -1.18. The maximum atomic E-state index is 13.5. The number of hydrogen-bond donors (Lipinski definition) is 6. The number of rotatable bonds is 70. The summed E-state index contributed by atoms with van der Waals surface area (Å²) in [6.45, 7) is 5.79. The number of carbonyl (C=O) groups excluding carboxylic acids is 2. The Morgan fingerprint density at radius 1 is 0.411 bits per heavy atom. The molecule has 1 fully saturated rings. The average molecular weight is 1340 g/mol. The molecule has 1 aliphatic rings. The molecule has 95 heavy (non-hydrogen) atoms. The molecule has 0 radical (unpaired) electrons. The Kier molecular flexibility index (Phi) is 66.9. The molecule has 0 bridgehead atoms. The van der Waals surface area contributed by atoms with Gasteiger partial charge in [0.25, 0.3) is 0 Å². The minimum absolute atomic E-state index is 0.122. The number of amides is 1. The molecule has 8 unspecified atom stereocenters. The largest absolute Gasteiger partial charge is 0.454 e. The van der Waals surface area contributed by atoms with Crippen molar-refractivity contribution in [2.45, 2.75) is 423 Å². The van der Waals surface area contributed by atoms with E-state index in [-0.39, 0.29) is 19.4 Å². The lowest BCUT2D eigenvalue weighted by Gasteiger charge is -2.41. The van der Waals surface area contributed by atoms with Gasteiger partial charge in [0.15, 0.2) is 12.4 Å². The lowest BCUT2D eigenvalue weighted by atomic mass is 9.99. The predicted octanol–water partition coefficient (Wildman–Crippen LogP) is 22.0. The molecule has 11 nitrogen and oxygen atoms in total. The number of allylic oxidation sites excluding steroid dienone is 13. The first-order chi connectivity index (χ1) is 46.7. The van der Waals surface area contributed by atoms with Gasteiger partial charge in [-0.25, -0.2) is 0 Å². The molecular formula is C84H151NO10. The fourth-order valence-electron chi connectivity index (χ4n) is 12.4. The summed E-state index contributed by atoms with van der Waals surface area (Å²) in [5, 5.41) is 57.5. The highest BCUT2D eigenvalue weighted by molar-refractivity contribution is 5.80. The zero-order valence-corrected chi connectivity index (χ0v) is 61.8. The second-order valence-electron chi connectivity index (χ2n) is 27.8. The second kappa shape index (κ2) is 70.7. The van der Waals surface area contributed by atoms with E-state index < -0.39 is 67.4 Å². The van der Waals surface area contributed by atoms with Crippen LogP contribution in [-0.4, -0.2) is 99.6 Å². The highest BCUT2D eigenvalue weighted by Gasteiger charge is 2.47. The number of ether oxygens (including phenoxy) is 3. The van der Waals surface area contributed by atoms with Crippen LogP contribution in [0, 0.1) is 0 Å². The highest BCUT2D eigenvalue weighted by Crippen LogP contribution is 2.27. The van der Waals surface area contributed by atoms with Crippen LogP contribution in [0.1, 0.15) is 374 Å². The predicted molar refractivity (Wildman–Crippen MR) is 402 cm³/mol. The van der Waals surface area contributed by atoms with Gasteiger partial charge in [-0.05, 0) is 103 Å². The van der Waals surface area contributed by atoms with Gasteiger partial charge in [-0.2, -0.15) is 0 Å². The van der Waals surface area contributed by atoms with E-state index in [1.165, 1.54) is 244 Å². The molecule has 0 aromatic carbocycles. The van der Waals surface area contributed by atoms with Crippen molar-refractivity contribution in [3.8, 4) is 0 Å². The first-order valence-electron chi connectivity index (χ1n) is 40.4. The molecular weight excluding hydrogens is 1180 g/mol. The number of unbranched alkanes of at least 4 members (excludes halogenated alkanes) is 44. The normalized spacial score (nSPS) is 18.2. The topological polar surface area (TPSA) is 175 Å². The van der Waals surface area contributed by atoms with Crippen molar-refractivity contribution >= 4 is 11.9 Å². The Balaban J connectivity index is 2.50. The van der Waals surface area contributed by atoms with E-state index in [1.807, 2.05) is 6.08 Å². The average Bonchev–Trinajstić information content (AvgIpc) is 0.823. The van der Waals surface area contributed by atoms with Crippen LogP contribution in [0.2, 0.25) is 0 Å². The third-order valence-electron chi connectivity index (χ3n) is 18.8. The standard InChI is InChI=1S/C84H151NO10/c1-4-7-10-13-16-19-22-25-27-29-31-33-35-37-39-41-43-45-47-49-51-54-57-60-63-66-69-72-79(89)95-82-81(91)80(90)78(73-86)94-84(82)93-74-75(76(87)70-67-64-61-58-55-52-24-21-18-15-12-9-6-3)85-83(92)77(88)71-68-65-62-59-56-53-50-48-46-44-42-40-38-36-34-32-30-28-26-23-20-17-14-11-8-5-2/h16-17,19-20,25-28,31-34,67,70,75-78,80-82,84,86-88,90-91H,4-15,18,21-24,29-30,35-66,68-69,71-74H2,1-3H3,(H,85,92)/b19-16-,20-17-,27-25-,28-26-,33-31-,34-32-,70-67+. The minimum atomic E-state index is -1.62. The summed E-state index contributed by atoms with van der Waals surface area (Å²) < 4.78 is 17.8. The molecule has 0 aromatic rings. The van der Waals surface area contributed by atoms with Gasteiger partial charge >= 0.3 is 5.97 Å². The maximum absolute atomic E-state index is 13.5. The number of carbonyl (C=O) groups is 2. The van der Waals surface area contributed by atoms with Crippen molar-refractivity contribution < 1.29 is 49.3 Å². The highest BCUT2D eigenvalue weighted by atomic mass is 16.7. The number of nitrogens with one attached hydrogen (secondary N) is 1. The summed E-state index contributed by atoms with van der Waals surface area (Å²) in [5.41, 5.74) is 0. The Morgan fingerprint density at radius 3 is 1.11 bits per heavy atom. The Labute approximate surface area is 584 Å². The molecule has 1 saturated heterocycles. The van der Waals surface area contributed by atoms with E-state index >= 15 is 0 Å². The van der Waals surface area contributed by atoms with Crippen LogP contribution < -0.4 is 5.32 Å². The first kappa shape index (κ1) is 89.9. The van der Waals surface area contributed by atoms with E-state index in [2.05, 4.69) is 99.0 Å². The van der Waals surface area contributed by atoms with Gasteiger partial charge in [-0.1, -0.05) is 350 Å². The number of hydrogen-bond acceptors (Lipinski definition) is 10. The lowest BCUT2D eigenvalue weighted by Crippen LogP contribution is -2.61. The molecule has 552 valence electrons. The van der Waals surface area contributed by atoms with Crippen LogP contribution in [0.3, 0.4) is 0 Å². The summed E-state index contributed by atoms with van der Waals surface area (Å²) in [6.07, 6.45) is 84.8. The molecule has 1 rings (SSSR count). The van der Waals surface area contributed by atoms with Crippen LogP contribution >= 0.6 is 0 Å². The summed E-state index contributed by atoms with van der Waals surface area (Å²) in [7, 11) is 0.